The van der Waals surface area contributed by atoms with Crippen LogP contribution in [0, 0.1) is 0 Å². The van der Waals surface area contributed by atoms with Gasteiger partial charge in [0.2, 0.25) is 0 Å². The predicted octanol–water partition coefficient (Wildman–Crippen LogP) is 10.7. The molecule has 0 heterocycles. The van der Waals surface area contributed by atoms with Crippen molar-refractivity contribution in [1.82, 2.24) is 0 Å². The van der Waals surface area contributed by atoms with Gasteiger partial charge in [0.05, 0.1) is 28.5 Å². The molecule has 0 bridgehead atoms. The van der Waals surface area contributed by atoms with E-state index in [-0.39, 0.29) is 35.1 Å². The molecule has 0 aliphatic heterocycles. The van der Waals surface area contributed by atoms with E-state index in [1.54, 1.807) is 12.2 Å². The van der Waals surface area contributed by atoms with Crippen molar-refractivity contribution in [3.05, 3.63) is 54.0 Å². The van der Waals surface area contributed by atoms with Crippen molar-refractivity contribution >= 4 is 22.1 Å². The van der Waals surface area contributed by atoms with Crippen LogP contribution < -0.4 is 29.6 Å². The normalized spacial score (nSPS) is 11.7. The van der Waals surface area contributed by atoms with Gasteiger partial charge >= 0.3 is 41.5 Å². The van der Waals surface area contributed by atoms with Gasteiger partial charge < -0.3 is 14.0 Å². The van der Waals surface area contributed by atoms with Crippen molar-refractivity contribution in [2.75, 3.05) is 0 Å². The first-order valence-corrected chi connectivity index (χ1v) is 22.5. The predicted molar refractivity (Wildman–Crippen MR) is 213 cm³/mol. The molecule has 0 aliphatic rings. The van der Waals surface area contributed by atoms with Gasteiger partial charge in [-0.3, -0.25) is 0 Å². The number of carbonyl (C=O) groups is 2. The Balaban J connectivity index is 0.0000270. The van der Waals surface area contributed by atoms with Crippen molar-refractivity contribution in [3.8, 4) is 0 Å². The van der Waals surface area contributed by atoms with Crippen molar-refractivity contribution in [2.24, 2.45) is 0 Å². The van der Waals surface area contributed by atoms with Crippen molar-refractivity contribution < 1.29 is 61.6 Å². The van der Waals surface area contributed by atoms with Crippen LogP contribution in [0.3, 0.4) is 0 Å². The molecule has 1 aromatic carbocycles. The number of hydrogen-bond donors (Lipinski definition) is 0. The first-order chi connectivity index (χ1) is 25.3. The molecule has 0 saturated heterocycles. The monoisotopic (exact) mass is 768 g/mol. The summed E-state index contributed by atoms with van der Waals surface area (Å²) in [5.74, 6) is -2.02. The van der Waals surface area contributed by atoms with Gasteiger partial charge in [-0.1, -0.05) is 187 Å². The van der Waals surface area contributed by atoms with Crippen LogP contribution in [0.2, 0.25) is 0 Å². The van der Waals surface area contributed by atoms with E-state index in [4.69, 9.17) is 9.47 Å². The van der Waals surface area contributed by atoms with Gasteiger partial charge in [0.25, 0.3) is 0 Å². The van der Waals surface area contributed by atoms with E-state index in [0.717, 1.165) is 38.2 Å². The van der Waals surface area contributed by atoms with Crippen molar-refractivity contribution in [2.45, 2.75) is 211 Å². The van der Waals surface area contributed by atoms with E-state index in [1.165, 1.54) is 179 Å². The van der Waals surface area contributed by atoms with Gasteiger partial charge in [-0.15, -0.1) is 0 Å². The van der Waals surface area contributed by atoms with Crippen LogP contribution in [0.5, 0.6) is 0 Å². The first-order valence-electron chi connectivity index (χ1n) is 21.1. The van der Waals surface area contributed by atoms with Gasteiger partial charge in [0, 0.05) is 0 Å². The number of carbonyl (C=O) groups excluding carboxylic acids is 2. The average molecular weight is 769 g/mol. The zero-order valence-corrected chi connectivity index (χ0v) is 36.8. The van der Waals surface area contributed by atoms with E-state index in [2.05, 4.69) is 13.8 Å². The number of allylic oxidation sites excluding steroid dienone is 2. The van der Waals surface area contributed by atoms with E-state index < -0.39 is 32.5 Å². The molecule has 0 radical (unpaired) electrons. The number of rotatable bonds is 35. The summed E-state index contributed by atoms with van der Waals surface area (Å²) in [5.41, 5.74) is -0.938. The molecule has 0 N–H and O–H groups in total. The molecule has 0 aliphatic carbocycles. The molecule has 0 atom stereocenters. The zero-order chi connectivity index (χ0) is 38.0. The molecule has 0 unspecified atom stereocenters. The number of ether oxygens (including phenoxy) is 2. The zero-order valence-electron chi connectivity index (χ0n) is 34.0. The molecule has 7 nitrogen and oxygen atoms in total. The largest absolute Gasteiger partial charge is 1.00 e. The average Bonchev–Trinajstić information content (AvgIpc) is 3.13. The standard InChI is InChI=1S/C44H74O7S.Na/c1-3-5-7-9-11-13-15-17-19-21-23-25-27-29-31-33-38-50-43(45)40-36-35-37-41(52(47,48)49)42(40)44(46)51-39-34-32-30-28-26-24-22-20-18-16-14-12-10-8-6-4-2;/h33-39H,3-32H2,1-2H3,(H,47,48,49);/q;+1/p-1/b38-33+,39-34+;. The second-order valence-corrected chi connectivity index (χ2v) is 15.8. The van der Waals surface area contributed by atoms with Crippen LogP contribution in [0.1, 0.15) is 227 Å². The van der Waals surface area contributed by atoms with Gasteiger partial charge in [-0.2, -0.15) is 0 Å². The molecule has 53 heavy (non-hydrogen) atoms. The van der Waals surface area contributed by atoms with Crippen molar-refractivity contribution in [3.63, 3.8) is 0 Å². The Bertz CT molecular complexity index is 1210. The molecular formula is C44H73NaO7S. The van der Waals surface area contributed by atoms with E-state index >= 15 is 0 Å². The summed E-state index contributed by atoms with van der Waals surface area (Å²) >= 11 is 0. The fourth-order valence-corrected chi connectivity index (χ4v) is 7.20. The molecular weight excluding hydrogens is 696 g/mol. The maximum atomic E-state index is 12.9. The minimum atomic E-state index is -5.05. The third kappa shape index (κ3) is 28.6. The molecule has 1 aromatic rings. The summed E-state index contributed by atoms with van der Waals surface area (Å²) in [6.45, 7) is 4.51. The second-order valence-electron chi connectivity index (χ2n) is 14.5. The fourth-order valence-electron chi connectivity index (χ4n) is 6.51. The Hall–Kier alpha value is -1.45. The van der Waals surface area contributed by atoms with Crippen LogP contribution in [-0.2, 0) is 19.6 Å². The molecule has 0 aromatic heterocycles. The third-order valence-electron chi connectivity index (χ3n) is 9.71. The summed E-state index contributed by atoms with van der Waals surface area (Å²) in [5, 5.41) is 0. The van der Waals surface area contributed by atoms with Crippen LogP contribution >= 0.6 is 0 Å². The molecule has 0 amide bonds. The Morgan fingerprint density at radius 3 is 1.19 bits per heavy atom. The molecule has 0 fully saturated rings. The first kappa shape index (κ1) is 51.5. The maximum absolute atomic E-state index is 12.9. The second kappa shape index (κ2) is 36.2. The number of esters is 2. The molecule has 1 rings (SSSR count). The summed E-state index contributed by atoms with van der Waals surface area (Å²) in [6, 6.07) is 3.49. The summed E-state index contributed by atoms with van der Waals surface area (Å²) < 4.78 is 46.2. The van der Waals surface area contributed by atoms with E-state index in [1.807, 2.05) is 0 Å². The summed E-state index contributed by atoms with van der Waals surface area (Å²) in [7, 11) is -5.05. The van der Waals surface area contributed by atoms with Crippen LogP contribution in [0.4, 0.5) is 0 Å². The number of hydrogen-bond acceptors (Lipinski definition) is 7. The van der Waals surface area contributed by atoms with Gasteiger partial charge in [-0.25, -0.2) is 18.0 Å². The Kier molecular flexibility index (Phi) is 35.2. The summed E-state index contributed by atoms with van der Waals surface area (Å²) in [6.07, 6.45) is 43.1. The minimum Gasteiger partial charge on any atom is -0.744 e. The van der Waals surface area contributed by atoms with E-state index in [0.29, 0.717) is 6.42 Å². The SMILES string of the molecule is CCCCCCCCCCCCCCCC/C=C/OC(=O)c1cccc(S(=O)(=O)[O-])c1C(=O)O/C=C/CCCCCCCCCCCCCCCC.[Na+]. The maximum Gasteiger partial charge on any atom is 1.00 e. The number of unbranched alkanes of at least 4 members (excludes halogenated alkanes) is 28. The Labute approximate surface area is 347 Å². The van der Waals surface area contributed by atoms with Gasteiger partial charge in [0.15, 0.2) is 0 Å². The van der Waals surface area contributed by atoms with Gasteiger partial charge in [-0.05, 0) is 50.0 Å². The topological polar surface area (TPSA) is 110 Å². The Morgan fingerprint density at radius 2 is 0.849 bits per heavy atom. The van der Waals surface area contributed by atoms with Crippen molar-refractivity contribution in [1.29, 1.82) is 0 Å². The van der Waals surface area contributed by atoms with E-state index in [9.17, 15) is 22.6 Å². The quantitative estimate of drug-likeness (QED) is 0.0222. The van der Waals surface area contributed by atoms with Crippen LogP contribution in [-0.4, -0.2) is 24.9 Å². The molecule has 298 valence electrons. The number of benzene rings is 1. The Morgan fingerprint density at radius 1 is 0.528 bits per heavy atom. The fraction of sp³-hybridized carbons (Fsp3) is 0.727. The molecule has 9 heteroatoms. The molecule has 0 saturated carbocycles. The minimum absolute atomic E-state index is 0. The summed E-state index contributed by atoms with van der Waals surface area (Å²) in [4.78, 5) is 25.0. The third-order valence-corrected chi connectivity index (χ3v) is 10.6. The van der Waals surface area contributed by atoms with Gasteiger partial charge in [0.1, 0.15) is 10.1 Å². The van der Waals surface area contributed by atoms with Crippen LogP contribution in [0.15, 0.2) is 47.8 Å². The smallest absolute Gasteiger partial charge is 0.744 e. The van der Waals surface area contributed by atoms with Crippen LogP contribution in [0.25, 0.3) is 0 Å². The molecule has 0 spiro atoms.